The van der Waals surface area contributed by atoms with Gasteiger partial charge in [0, 0.05) is 10.6 Å². The van der Waals surface area contributed by atoms with Crippen LogP contribution in [0.3, 0.4) is 0 Å². The molecule has 3 rings (SSSR count). The molecular formula is C15H11ClFNO3. The summed E-state index contributed by atoms with van der Waals surface area (Å²) >= 11 is 5.89. The Morgan fingerprint density at radius 3 is 2.67 bits per heavy atom. The van der Waals surface area contributed by atoms with Gasteiger partial charge in [-0.3, -0.25) is 4.90 Å². The Kier molecular flexibility index (Phi) is 3.53. The van der Waals surface area contributed by atoms with Crippen LogP contribution in [0.2, 0.25) is 5.02 Å². The number of nitrogens with zero attached hydrogens (tertiary/aromatic N) is 1. The molecule has 0 fully saturated rings. The lowest BCUT2D eigenvalue weighted by Crippen LogP contribution is -2.37. The molecule has 2 aromatic carbocycles. The second-order valence-corrected chi connectivity index (χ2v) is 5.09. The summed E-state index contributed by atoms with van der Waals surface area (Å²) in [6.45, 7) is 0.209. The molecule has 0 spiro atoms. The molecular weight excluding hydrogens is 297 g/mol. The van der Waals surface area contributed by atoms with E-state index in [0.29, 0.717) is 16.3 Å². The molecule has 1 unspecified atom stereocenters. The van der Waals surface area contributed by atoms with Crippen LogP contribution in [0.5, 0.6) is 0 Å². The van der Waals surface area contributed by atoms with Crippen molar-refractivity contribution in [1.29, 1.82) is 0 Å². The van der Waals surface area contributed by atoms with Crippen LogP contribution in [0.1, 0.15) is 17.4 Å². The molecule has 1 aliphatic rings. The van der Waals surface area contributed by atoms with Crippen molar-refractivity contribution in [3.05, 3.63) is 64.4 Å². The number of aliphatic hydroxyl groups excluding tert-OH is 1. The molecule has 1 N–H and O–H groups in total. The van der Waals surface area contributed by atoms with E-state index >= 15 is 0 Å². The van der Waals surface area contributed by atoms with Gasteiger partial charge >= 0.3 is 6.09 Å². The zero-order valence-electron chi connectivity index (χ0n) is 10.8. The van der Waals surface area contributed by atoms with Crippen molar-refractivity contribution in [2.45, 2.75) is 12.8 Å². The van der Waals surface area contributed by atoms with Gasteiger partial charge in [-0.1, -0.05) is 23.7 Å². The third-order valence-corrected chi connectivity index (χ3v) is 3.47. The average molecular weight is 308 g/mol. The Bertz CT molecular complexity index is 690. The maximum absolute atomic E-state index is 12.9. The third kappa shape index (κ3) is 2.70. The lowest BCUT2D eigenvalue weighted by atomic mass is 10.1. The number of aliphatic hydroxyl groups is 1. The molecule has 0 saturated carbocycles. The van der Waals surface area contributed by atoms with E-state index in [4.69, 9.17) is 16.3 Å². The summed E-state index contributed by atoms with van der Waals surface area (Å²) in [6.07, 6.45) is -2.00. The molecule has 6 heteroatoms. The normalized spacial score (nSPS) is 17.4. The molecule has 1 aliphatic heterocycles. The lowest BCUT2D eigenvalue weighted by molar-refractivity contribution is -0.0564. The van der Waals surface area contributed by atoms with E-state index in [1.807, 2.05) is 0 Å². The van der Waals surface area contributed by atoms with Crippen molar-refractivity contribution in [2.24, 2.45) is 0 Å². The number of amides is 1. The number of halogens is 2. The van der Waals surface area contributed by atoms with Crippen LogP contribution in [0, 0.1) is 5.82 Å². The van der Waals surface area contributed by atoms with Crippen molar-refractivity contribution < 1.29 is 19.0 Å². The summed E-state index contributed by atoms with van der Waals surface area (Å²) < 4.78 is 17.8. The second-order valence-electron chi connectivity index (χ2n) is 4.65. The molecule has 0 aromatic heterocycles. The summed E-state index contributed by atoms with van der Waals surface area (Å²) in [5, 5.41) is 10.2. The highest BCUT2D eigenvalue weighted by Crippen LogP contribution is 2.35. The van der Waals surface area contributed by atoms with E-state index in [-0.39, 0.29) is 12.4 Å². The Morgan fingerprint density at radius 2 is 1.95 bits per heavy atom. The number of rotatable bonds is 2. The van der Waals surface area contributed by atoms with Crippen LogP contribution in [-0.2, 0) is 11.3 Å². The summed E-state index contributed by atoms with van der Waals surface area (Å²) in [6, 6.07) is 10.6. The first-order valence-electron chi connectivity index (χ1n) is 6.25. The Morgan fingerprint density at radius 1 is 1.24 bits per heavy atom. The molecule has 0 saturated heterocycles. The molecule has 21 heavy (non-hydrogen) atoms. The minimum absolute atomic E-state index is 0.209. The highest BCUT2D eigenvalue weighted by Gasteiger charge is 2.31. The number of carbonyl (C=O) groups is 1. The number of cyclic esters (lactones) is 1. The summed E-state index contributed by atoms with van der Waals surface area (Å²) in [4.78, 5) is 13.3. The zero-order valence-corrected chi connectivity index (χ0v) is 11.5. The number of hydrogen-bond donors (Lipinski definition) is 1. The number of hydrogen-bond acceptors (Lipinski definition) is 3. The van der Waals surface area contributed by atoms with Gasteiger partial charge in [-0.2, -0.15) is 0 Å². The number of fused-ring (bicyclic) bond motifs is 1. The van der Waals surface area contributed by atoms with Crippen LogP contribution in [0.4, 0.5) is 14.9 Å². The third-order valence-electron chi connectivity index (χ3n) is 3.23. The van der Waals surface area contributed by atoms with Gasteiger partial charge in [-0.05, 0) is 35.9 Å². The lowest BCUT2D eigenvalue weighted by Gasteiger charge is -2.31. The fraction of sp³-hybridized carbons (Fsp3) is 0.133. The van der Waals surface area contributed by atoms with Crippen molar-refractivity contribution >= 4 is 23.4 Å². The minimum Gasteiger partial charge on any atom is -0.415 e. The van der Waals surface area contributed by atoms with Crippen LogP contribution >= 0.6 is 11.6 Å². The SMILES string of the molecule is O=C1OC(O)c2cc(Cl)ccc2N1Cc1ccc(F)cc1. The summed E-state index contributed by atoms with van der Waals surface area (Å²) in [7, 11) is 0. The molecule has 1 heterocycles. The van der Waals surface area contributed by atoms with Gasteiger partial charge in [0.25, 0.3) is 0 Å². The molecule has 1 atom stereocenters. The van der Waals surface area contributed by atoms with Gasteiger partial charge in [0.15, 0.2) is 0 Å². The van der Waals surface area contributed by atoms with E-state index in [1.165, 1.54) is 17.0 Å². The van der Waals surface area contributed by atoms with Crippen LogP contribution < -0.4 is 4.90 Å². The Hall–Kier alpha value is -2.11. The average Bonchev–Trinajstić information content (AvgIpc) is 2.46. The van der Waals surface area contributed by atoms with E-state index in [1.54, 1.807) is 30.3 Å². The monoisotopic (exact) mass is 307 g/mol. The maximum atomic E-state index is 12.9. The van der Waals surface area contributed by atoms with Crippen molar-refractivity contribution in [3.8, 4) is 0 Å². The molecule has 0 aliphatic carbocycles. The first-order chi connectivity index (χ1) is 10.0. The van der Waals surface area contributed by atoms with E-state index < -0.39 is 12.4 Å². The largest absolute Gasteiger partial charge is 0.417 e. The Labute approximate surface area is 125 Å². The smallest absolute Gasteiger partial charge is 0.415 e. The number of benzene rings is 2. The van der Waals surface area contributed by atoms with Gasteiger partial charge in [0.2, 0.25) is 6.29 Å². The zero-order chi connectivity index (χ0) is 15.0. The molecule has 2 aromatic rings. The highest BCUT2D eigenvalue weighted by molar-refractivity contribution is 6.30. The topological polar surface area (TPSA) is 49.8 Å². The molecule has 0 radical (unpaired) electrons. The fourth-order valence-corrected chi connectivity index (χ4v) is 2.39. The van der Waals surface area contributed by atoms with Gasteiger partial charge in [-0.15, -0.1) is 0 Å². The predicted molar refractivity (Wildman–Crippen MR) is 75.5 cm³/mol. The molecule has 0 bridgehead atoms. The molecule has 4 nitrogen and oxygen atoms in total. The van der Waals surface area contributed by atoms with Gasteiger partial charge < -0.3 is 9.84 Å². The van der Waals surface area contributed by atoms with Crippen LogP contribution in [-0.4, -0.2) is 11.2 Å². The van der Waals surface area contributed by atoms with Crippen molar-refractivity contribution in [1.82, 2.24) is 0 Å². The highest BCUT2D eigenvalue weighted by atomic mass is 35.5. The first kappa shape index (κ1) is 13.9. The Balaban J connectivity index is 1.96. The van der Waals surface area contributed by atoms with Crippen molar-refractivity contribution in [3.63, 3.8) is 0 Å². The number of anilines is 1. The van der Waals surface area contributed by atoms with E-state index in [0.717, 1.165) is 5.56 Å². The van der Waals surface area contributed by atoms with Gasteiger partial charge in [-0.25, -0.2) is 9.18 Å². The quantitative estimate of drug-likeness (QED) is 0.921. The molecule has 108 valence electrons. The fourth-order valence-electron chi connectivity index (χ4n) is 2.21. The second kappa shape index (κ2) is 5.35. The molecule has 1 amide bonds. The van der Waals surface area contributed by atoms with Gasteiger partial charge in [0.05, 0.1) is 12.2 Å². The summed E-state index contributed by atoms with van der Waals surface area (Å²) in [5.41, 5.74) is 1.68. The van der Waals surface area contributed by atoms with E-state index in [2.05, 4.69) is 0 Å². The van der Waals surface area contributed by atoms with Crippen LogP contribution in [0.25, 0.3) is 0 Å². The predicted octanol–water partition coefficient (Wildman–Crippen LogP) is 3.63. The minimum atomic E-state index is -1.34. The maximum Gasteiger partial charge on any atom is 0.417 e. The standard InChI is InChI=1S/C15H11ClFNO3/c16-10-3-6-13-12(7-10)14(19)21-15(20)18(13)8-9-1-4-11(17)5-2-9/h1-7,14,19H,8H2. The number of carbonyl (C=O) groups excluding carboxylic acids is 1. The summed E-state index contributed by atoms with van der Waals surface area (Å²) in [5.74, 6) is -0.345. The van der Waals surface area contributed by atoms with Crippen LogP contribution in [0.15, 0.2) is 42.5 Å². The van der Waals surface area contributed by atoms with E-state index in [9.17, 15) is 14.3 Å². The van der Waals surface area contributed by atoms with Gasteiger partial charge in [0.1, 0.15) is 5.82 Å². The number of ether oxygens (including phenoxy) is 1. The van der Waals surface area contributed by atoms with Crippen molar-refractivity contribution in [2.75, 3.05) is 4.90 Å². The first-order valence-corrected chi connectivity index (χ1v) is 6.62.